The third-order valence-electron chi connectivity index (χ3n) is 4.91. The maximum atomic E-state index is 12.2. The molecular formula is C20H18N4O4S. The number of amidine groups is 1. The van der Waals surface area contributed by atoms with Crippen molar-refractivity contribution in [3.8, 4) is 5.75 Å². The number of nitrogens with zero attached hydrogens (tertiary/aromatic N) is 3. The first-order chi connectivity index (χ1) is 14.0. The number of hydrogen-bond donors (Lipinski definition) is 1. The third-order valence-corrected chi connectivity index (χ3v) is 5.96. The Morgan fingerprint density at radius 1 is 1.07 bits per heavy atom. The van der Waals surface area contributed by atoms with Crippen LogP contribution in [0.5, 0.6) is 5.75 Å². The van der Waals surface area contributed by atoms with Crippen molar-refractivity contribution in [3.63, 3.8) is 0 Å². The highest BCUT2D eigenvalue weighted by molar-refractivity contribution is 8.18. The largest absolute Gasteiger partial charge is 0.872 e. The van der Waals surface area contributed by atoms with Crippen LogP contribution in [0.3, 0.4) is 0 Å². The summed E-state index contributed by atoms with van der Waals surface area (Å²) in [6.07, 6.45) is 1.75. The lowest BCUT2D eigenvalue weighted by Crippen LogP contribution is -3.10. The van der Waals surface area contributed by atoms with E-state index in [1.807, 2.05) is 0 Å². The molecule has 2 aromatic carbocycles. The zero-order valence-electron chi connectivity index (χ0n) is 15.4. The molecule has 0 radical (unpaired) electrons. The molecule has 0 atom stereocenters. The Hall–Kier alpha value is -3.17. The first-order valence-corrected chi connectivity index (χ1v) is 9.95. The standard InChI is InChI=1S/C20H18N4O4S/c25-17-7-1-14(2-8-17)13-18-19(26)21-20(29-18)23-11-9-22(10-12-23)15-3-5-16(6-4-15)24(27)28/h1-8,13,25H,9-12H2/b18-13-. The van der Waals surface area contributed by atoms with E-state index in [0.29, 0.717) is 10.1 Å². The summed E-state index contributed by atoms with van der Waals surface area (Å²) in [4.78, 5) is 30.7. The Balaban J connectivity index is 1.37. The molecule has 0 aromatic heterocycles. The van der Waals surface area contributed by atoms with Gasteiger partial charge in [-0.2, -0.15) is 4.99 Å². The van der Waals surface area contributed by atoms with Gasteiger partial charge in [-0.05, 0) is 23.4 Å². The number of nitro groups is 1. The zero-order valence-corrected chi connectivity index (χ0v) is 16.2. The van der Waals surface area contributed by atoms with E-state index in [2.05, 4.69) is 9.89 Å². The van der Waals surface area contributed by atoms with E-state index in [9.17, 15) is 20.0 Å². The van der Waals surface area contributed by atoms with Crippen molar-refractivity contribution in [3.05, 3.63) is 69.1 Å². The summed E-state index contributed by atoms with van der Waals surface area (Å²) in [6.45, 7) is 3.11. The van der Waals surface area contributed by atoms with Crippen LogP contribution in [0.1, 0.15) is 5.56 Å². The van der Waals surface area contributed by atoms with Crippen LogP contribution < -0.4 is 10.0 Å². The van der Waals surface area contributed by atoms with Crippen LogP contribution in [0, 0.1) is 10.1 Å². The quantitative estimate of drug-likeness (QED) is 0.463. The lowest BCUT2D eigenvalue weighted by Gasteiger charge is -2.32. The van der Waals surface area contributed by atoms with Gasteiger partial charge in [-0.1, -0.05) is 24.3 Å². The maximum Gasteiger partial charge on any atom is 0.286 e. The highest BCUT2D eigenvalue weighted by Gasteiger charge is 2.30. The second kappa shape index (κ2) is 8.06. The zero-order chi connectivity index (χ0) is 20.4. The molecule has 148 valence electrons. The van der Waals surface area contributed by atoms with Crippen LogP contribution in [0.25, 0.3) is 6.08 Å². The number of non-ortho nitro benzene ring substituents is 1. The molecule has 1 saturated heterocycles. The van der Waals surface area contributed by atoms with E-state index in [0.717, 1.165) is 37.4 Å². The normalized spacial score (nSPS) is 18.9. The number of amides is 1. The predicted octanol–water partition coefficient (Wildman–Crippen LogP) is 1.17. The number of piperazine rings is 1. The van der Waals surface area contributed by atoms with Gasteiger partial charge in [0.05, 0.1) is 36.0 Å². The summed E-state index contributed by atoms with van der Waals surface area (Å²) in [7, 11) is 0. The highest BCUT2D eigenvalue weighted by atomic mass is 32.2. The van der Waals surface area contributed by atoms with Gasteiger partial charge >= 0.3 is 0 Å². The number of thioether (sulfide) groups is 1. The van der Waals surface area contributed by atoms with Gasteiger partial charge in [-0.25, -0.2) is 0 Å². The van der Waals surface area contributed by atoms with Gasteiger partial charge in [0.25, 0.3) is 11.6 Å². The van der Waals surface area contributed by atoms with Gasteiger partial charge in [0.1, 0.15) is 5.69 Å². The minimum Gasteiger partial charge on any atom is -0.872 e. The van der Waals surface area contributed by atoms with Crippen molar-refractivity contribution in [2.24, 2.45) is 4.99 Å². The van der Waals surface area contributed by atoms with Crippen LogP contribution >= 0.6 is 11.8 Å². The van der Waals surface area contributed by atoms with E-state index in [4.69, 9.17) is 0 Å². The van der Waals surface area contributed by atoms with Gasteiger partial charge in [0, 0.05) is 24.3 Å². The van der Waals surface area contributed by atoms with Crippen molar-refractivity contribution >= 4 is 40.3 Å². The van der Waals surface area contributed by atoms with Gasteiger partial charge in [0.15, 0.2) is 5.17 Å². The molecule has 0 saturated carbocycles. The lowest BCUT2D eigenvalue weighted by atomic mass is 10.2. The molecular weight excluding hydrogens is 392 g/mol. The van der Waals surface area contributed by atoms with E-state index in [1.165, 1.54) is 40.9 Å². The number of quaternary nitrogens is 1. The Kier molecular flexibility index (Phi) is 5.32. The van der Waals surface area contributed by atoms with Crippen LogP contribution in [0.4, 0.5) is 11.4 Å². The predicted molar refractivity (Wildman–Crippen MR) is 109 cm³/mol. The summed E-state index contributed by atoms with van der Waals surface area (Å²) in [5.41, 5.74) is 1.91. The molecule has 2 aromatic rings. The summed E-state index contributed by atoms with van der Waals surface area (Å²) < 4.78 is 0. The smallest absolute Gasteiger partial charge is 0.286 e. The molecule has 0 spiro atoms. The van der Waals surface area contributed by atoms with Crippen LogP contribution in [-0.2, 0) is 4.79 Å². The summed E-state index contributed by atoms with van der Waals surface area (Å²) in [5, 5.41) is 22.7. The van der Waals surface area contributed by atoms with E-state index in [-0.39, 0.29) is 17.3 Å². The first kappa shape index (κ1) is 19.2. The molecule has 29 heavy (non-hydrogen) atoms. The molecule has 2 aliphatic heterocycles. The minimum atomic E-state index is -0.399. The number of benzene rings is 2. The van der Waals surface area contributed by atoms with Crippen molar-refractivity contribution in [2.75, 3.05) is 26.2 Å². The van der Waals surface area contributed by atoms with E-state index < -0.39 is 4.92 Å². The molecule has 2 aliphatic rings. The Morgan fingerprint density at radius 3 is 2.34 bits per heavy atom. The fourth-order valence-electron chi connectivity index (χ4n) is 3.32. The average molecular weight is 410 g/mol. The molecule has 1 amide bonds. The second-order valence-electron chi connectivity index (χ2n) is 6.77. The number of carbonyl (C=O) groups is 1. The van der Waals surface area contributed by atoms with Crippen molar-refractivity contribution in [1.29, 1.82) is 0 Å². The maximum absolute atomic E-state index is 12.2. The SMILES string of the molecule is O=C1N=C(N2CC[NH+](c3ccc([N+](=O)[O-])cc3)CC2)S/C1=C\c1ccc([O-])cc1. The third kappa shape index (κ3) is 4.30. The first-order valence-electron chi connectivity index (χ1n) is 9.14. The molecule has 9 heteroatoms. The van der Waals surface area contributed by atoms with Crippen LogP contribution in [0.2, 0.25) is 0 Å². The van der Waals surface area contributed by atoms with E-state index in [1.54, 1.807) is 30.3 Å². The van der Waals surface area contributed by atoms with Gasteiger partial charge in [-0.15, -0.1) is 5.75 Å². The fourth-order valence-corrected chi connectivity index (χ4v) is 4.29. The number of carbonyl (C=O) groups excluding carboxylic acids is 1. The fraction of sp³-hybridized carbons (Fsp3) is 0.200. The molecule has 1 N–H and O–H groups in total. The Labute approximate surface area is 171 Å². The van der Waals surface area contributed by atoms with Gasteiger partial charge < -0.3 is 10.0 Å². The van der Waals surface area contributed by atoms with Crippen molar-refractivity contribution < 1.29 is 19.7 Å². The molecule has 1 fully saturated rings. The molecule has 0 bridgehead atoms. The molecule has 8 nitrogen and oxygen atoms in total. The van der Waals surface area contributed by atoms with Crippen molar-refractivity contribution in [1.82, 2.24) is 4.90 Å². The Morgan fingerprint density at radius 2 is 1.72 bits per heavy atom. The summed E-state index contributed by atoms with van der Waals surface area (Å²) >= 11 is 1.35. The molecule has 4 rings (SSSR count). The number of hydrogen-bond acceptors (Lipinski definition) is 6. The average Bonchev–Trinajstić information content (AvgIpc) is 3.10. The number of nitrogens with one attached hydrogen (secondary N) is 1. The summed E-state index contributed by atoms with van der Waals surface area (Å²) in [6, 6.07) is 13.0. The molecule has 2 heterocycles. The van der Waals surface area contributed by atoms with Crippen LogP contribution in [-0.4, -0.2) is 47.1 Å². The van der Waals surface area contributed by atoms with E-state index >= 15 is 0 Å². The second-order valence-corrected chi connectivity index (χ2v) is 7.78. The number of aliphatic imine (C=N–C) groups is 1. The lowest BCUT2D eigenvalue weighted by molar-refractivity contribution is -0.837. The molecule has 0 aliphatic carbocycles. The number of nitro benzene ring substituents is 1. The number of rotatable bonds is 3. The summed E-state index contributed by atoms with van der Waals surface area (Å²) in [5.74, 6) is -0.329. The topological polar surface area (TPSA) is 103 Å². The van der Waals surface area contributed by atoms with Gasteiger partial charge in [-0.3, -0.25) is 19.8 Å². The van der Waals surface area contributed by atoms with Crippen molar-refractivity contribution in [2.45, 2.75) is 0 Å². The van der Waals surface area contributed by atoms with Crippen LogP contribution in [0.15, 0.2) is 58.4 Å². The monoisotopic (exact) mass is 410 g/mol. The minimum absolute atomic E-state index is 0.0668. The molecule has 0 unspecified atom stereocenters. The highest BCUT2D eigenvalue weighted by Crippen LogP contribution is 2.30. The Bertz CT molecular complexity index is 994. The van der Waals surface area contributed by atoms with Gasteiger partial charge in [0.2, 0.25) is 0 Å².